The van der Waals surface area contributed by atoms with Gasteiger partial charge in [0.1, 0.15) is 4.08 Å². The molecule has 0 amide bonds. The Labute approximate surface area is 110 Å². The molecule has 0 aromatic heterocycles. The zero-order valence-electron chi connectivity index (χ0n) is 9.35. The molecule has 0 unspecified atom stereocenters. The summed E-state index contributed by atoms with van der Waals surface area (Å²) in [6.45, 7) is 0. The molecule has 1 saturated heterocycles. The summed E-state index contributed by atoms with van der Waals surface area (Å²) in [7, 11) is 0. The van der Waals surface area contributed by atoms with Crippen LogP contribution < -0.4 is 0 Å². The summed E-state index contributed by atoms with van der Waals surface area (Å²) in [6, 6.07) is 17.8. The van der Waals surface area contributed by atoms with Crippen LogP contribution in [0.1, 0.15) is 11.1 Å². The van der Waals surface area contributed by atoms with E-state index in [1.807, 2.05) is 0 Å². The van der Waals surface area contributed by atoms with E-state index in [4.69, 9.17) is 0 Å². The number of fused-ring (bicyclic) bond motifs is 5. The standard InChI is InChI=1S/C15H12S2/c1-3-7-13-11(5-1)12-6-2-4-8-14(12)15(13)16-9-10-17-15/h1-8H,9-10H2. The van der Waals surface area contributed by atoms with Crippen LogP contribution in [0.4, 0.5) is 0 Å². The van der Waals surface area contributed by atoms with Crippen LogP contribution in [0.3, 0.4) is 0 Å². The van der Waals surface area contributed by atoms with Gasteiger partial charge in [-0.15, -0.1) is 23.5 Å². The molecule has 0 atom stereocenters. The van der Waals surface area contributed by atoms with Gasteiger partial charge in [0, 0.05) is 11.5 Å². The molecule has 1 aliphatic carbocycles. The van der Waals surface area contributed by atoms with Crippen LogP contribution in [0.5, 0.6) is 0 Å². The molecule has 17 heavy (non-hydrogen) atoms. The molecule has 0 saturated carbocycles. The van der Waals surface area contributed by atoms with Crippen molar-refractivity contribution < 1.29 is 0 Å². The molecule has 1 spiro atoms. The van der Waals surface area contributed by atoms with Gasteiger partial charge in [-0.25, -0.2) is 0 Å². The monoisotopic (exact) mass is 256 g/mol. The highest BCUT2D eigenvalue weighted by Gasteiger charge is 2.46. The lowest BCUT2D eigenvalue weighted by Gasteiger charge is -2.24. The van der Waals surface area contributed by atoms with Crippen molar-refractivity contribution in [1.82, 2.24) is 0 Å². The van der Waals surface area contributed by atoms with E-state index in [1.54, 1.807) is 0 Å². The van der Waals surface area contributed by atoms with Gasteiger partial charge in [0.2, 0.25) is 0 Å². The molecule has 0 bridgehead atoms. The summed E-state index contributed by atoms with van der Waals surface area (Å²) in [5.74, 6) is 2.51. The minimum absolute atomic E-state index is 0.188. The molecule has 2 aliphatic rings. The summed E-state index contributed by atoms with van der Waals surface area (Å²) in [5.41, 5.74) is 5.89. The largest absolute Gasteiger partial charge is 0.134 e. The molecule has 0 N–H and O–H groups in total. The lowest BCUT2D eigenvalue weighted by atomic mass is 10.1. The highest BCUT2D eigenvalue weighted by molar-refractivity contribution is 8.20. The van der Waals surface area contributed by atoms with Crippen LogP contribution in [0.15, 0.2) is 48.5 Å². The van der Waals surface area contributed by atoms with Crippen molar-refractivity contribution in [2.45, 2.75) is 4.08 Å². The summed E-state index contributed by atoms with van der Waals surface area (Å²) < 4.78 is 0.188. The zero-order chi connectivity index (χ0) is 11.3. The van der Waals surface area contributed by atoms with Gasteiger partial charge >= 0.3 is 0 Å². The molecule has 2 aromatic carbocycles. The second kappa shape index (κ2) is 3.56. The maximum atomic E-state index is 2.31. The lowest BCUT2D eigenvalue weighted by molar-refractivity contribution is 1.14. The van der Waals surface area contributed by atoms with Crippen LogP contribution in [-0.2, 0) is 4.08 Å². The zero-order valence-corrected chi connectivity index (χ0v) is 11.0. The van der Waals surface area contributed by atoms with E-state index in [0.29, 0.717) is 0 Å². The molecule has 0 radical (unpaired) electrons. The number of hydrogen-bond acceptors (Lipinski definition) is 2. The van der Waals surface area contributed by atoms with E-state index in [0.717, 1.165) is 0 Å². The van der Waals surface area contributed by atoms with Crippen molar-refractivity contribution in [3.8, 4) is 11.1 Å². The minimum Gasteiger partial charge on any atom is -0.134 e. The Morgan fingerprint density at radius 1 is 0.706 bits per heavy atom. The number of rotatable bonds is 0. The van der Waals surface area contributed by atoms with Crippen LogP contribution in [0.25, 0.3) is 11.1 Å². The molecular weight excluding hydrogens is 244 g/mol. The van der Waals surface area contributed by atoms with Crippen LogP contribution in [-0.4, -0.2) is 11.5 Å². The first-order valence-corrected chi connectivity index (χ1v) is 7.86. The molecule has 1 aliphatic heterocycles. The molecule has 1 heterocycles. The molecule has 1 fully saturated rings. The van der Waals surface area contributed by atoms with E-state index >= 15 is 0 Å². The Morgan fingerprint density at radius 3 is 1.71 bits per heavy atom. The summed E-state index contributed by atoms with van der Waals surface area (Å²) in [5, 5.41) is 0. The Hall–Kier alpha value is -0.860. The summed E-state index contributed by atoms with van der Waals surface area (Å²) in [4.78, 5) is 0. The molecule has 2 heteroatoms. The molecule has 0 nitrogen and oxygen atoms in total. The quantitative estimate of drug-likeness (QED) is 0.687. The topological polar surface area (TPSA) is 0 Å². The maximum Gasteiger partial charge on any atom is 0.112 e. The minimum atomic E-state index is 0.188. The molecule has 84 valence electrons. The fourth-order valence-corrected chi connectivity index (χ4v) is 6.29. The van der Waals surface area contributed by atoms with Gasteiger partial charge in [-0.1, -0.05) is 48.5 Å². The number of thioether (sulfide) groups is 2. The second-order valence-electron chi connectivity index (χ2n) is 4.40. The average Bonchev–Trinajstić information content (AvgIpc) is 2.98. The first-order chi connectivity index (χ1) is 8.42. The smallest absolute Gasteiger partial charge is 0.112 e. The Kier molecular flexibility index (Phi) is 2.12. The SMILES string of the molecule is c1ccc2c(c1)-c1ccccc1C21SCCS1. The van der Waals surface area contributed by atoms with Gasteiger partial charge in [-0.2, -0.15) is 0 Å². The third kappa shape index (κ3) is 1.23. The van der Waals surface area contributed by atoms with Crippen molar-refractivity contribution in [2.24, 2.45) is 0 Å². The average molecular weight is 256 g/mol. The van der Waals surface area contributed by atoms with Crippen molar-refractivity contribution in [2.75, 3.05) is 11.5 Å². The van der Waals surface area contributed by atoms with Gasteiger partial charge in [0.25, 0.3) is 0 Å². The van der Waals surface area contributed by atoms with Crippen LogP contribution >= 0.6 is 23.5 Å². The highest BCUT2D eigenvalue weighted by Crippen LogP contribution is 2.63. The van der Waals surface area contributed by atoms with Gasteiger partial charge in [-0.3, -0.25) is 0 Å². The Bertz CT molecular complexity index is 535. The van der Waals surface area contributed by atoms with Crippen LogP contribution in [0, 0.1) is 0 Å². The molecule has 2 aromatic rings. The number of benzene rings is 2. The van der Waals surface area contributed by atoms with Crippen molar-refractivity contribution in [3.63, 3.8) is 0 Å². The normalized spacial score (nSPS) is 19.3. The van der Waals surface area contributed by atoms with Gasteiger partial charge in [0.05, 0.1) is 0 Å². The fourth-order valence-electron chi connectivity index (χ4n) is 2.88. The van der Waals surface area contributed by atoms with E-state index in [9.17, 15) is 0 Å². The van der Waals surface area contributed by atoms with Gasteiger partial charge < -0.3 is 0 Å². The molecular formula is C15H12S2. The molecule has 4 rings (SSSR count). The third-order valence-corrected chi connectivity index (χ3v) is 7.02. The van der Waals surface area contributed by atoms with E-state index < -0.39 is 0 Å². The van der Waals surface area contributed by atoms with E-state index in [2.05, 4.69) is 72.1 Å². The highest BCUT2D eigenvalue weighted by atomic mass is 32.2. The maximum absolute atomic E-state index is 2.31. The van der Waals surface area contributed by atoms with Crippen molar-refractivity contribution in [3.05, 3.63) is 59.7 Å². The van der Waals surface area contributed by atoms with Crippen molar-refractivity contribution in [1.29, 1.82) is 0 Å². The first-order valence-electron chi connectivity index (χ1n) is 5.89. The Balaban J connectivity index is 2.09. The van der Waals surface area contributed by atoms with Crippen molar-refractivity contribution >= 4 is 23.5 Å². The van der Waals surface area contributed by atoms with E-state index in [-0.39, 0.29) is 4.08 Å². The summed E-state index contributed by atoms with van der Waals surface area (Å²) >= 11 is 4.20. The lowest BCUT2D eigenvalue weighted by Crippen LogP contribution is -2.11. The first kappa shape index (κ1) is 10.1. The fraction of sp³-hybridized carbons (Fsp3) is 0.200. The van der Waals surface area contributed by atoms with Gasteiger partial charge in [-0.05, 0) is 22.3 Å². The number of hydrogen-bond donors (Lipinski definition) is 0. The Morgan fingerprint density at radius 2 is 1.18 bits per heavy atom. The predicted molar refractivity (Wildman–Crippen MR) is 77.6 cm³/mol. The predicted octanol–water partition coefficient (Wildman–Crippen LogP) is 4.35. The van der Waals surface area contributed by atoms with Gasteiger partial charge in [0.15, 0.2) is 0 Å². The van der Waals surface area contributed by atoms with Crippen LogP contribution in [0.2, 0.25) is 0 Å². The third-order valence-electron chi connectivity index (χ3n) is 3.55. The second-order valence-corrected chi connectivity index (χ2v) is 7.28. The van der Waals surface area contributed by atoms with E-state index in [1.165, 1.54) is 33.8 Å². The summed E-state index contributed by atoms with van der Waals surface area (Å²) in [6.07, 6.45) is 0.